The maximum Gasteiger partial charge on any atom is 0.411 e. The lowest BCUT2D eigenvalue weighted by atomic mass is 10.0. The number of benzene rings is 2. The molecular weight excluding hydrogens is 326 g/mol. The number of carbonyl (C=O) groups is 1. The molecule has 0 atom stereocenters. The third kappa shape index (κ3) is 4.37. The lowest BCUT2D eigenvalue weighted by Crippen LogP contribution is -2.16. The summed E-state index contributed by atoms with van der Waals surface area (Å²) in [5.41, 5.74) is 5.52. The third-order valence-electron chi connectivity index (χ3n) is 4.76. The molecule has 2 aromatic carbocycles. The summed E-state index contributed by atoms with van der Waals surface area (Å²) in [7, 11) is 0. The molecule has 1 saturated carbocycles. The average Bonchev–Trinajstić information content (AvgIpc) is 3.46. The van der Waals surface area contributed by atoms with Crippen LogP contribution in [0.1, 0.15) is 54.9 Å². The Bertz CT molecular complexity index is 781. The molecule has 0 saturated heterocycles. The van der Waals surface area contributed by atoms with Gasteiger partial charge in [-0.2, -0.15) is 0 Å². The highest BCUT2D eigenvalue weighted by atomic mass is 16.5. The van der Waals surface area contributed by atoms with Crippen LogP contribution >= 0.6 is 0 Å². The molecule has 1 fully saturated rings. The molecule has 0 radical (unpaired) electrons. The molecule has 0 aliphatic heterocycles. The zero-order chi connectivity index (χ0) is 18.5. The van der Waals surface area contributed by atoms with Gasteiger partial charge in [-0.25, -0.2) is 4.79 Å². The standard InChI is InChI=1S/C22H27NO3/c1-4-16-9-12-21(15(3)13-16)26-14-19-18(17-10-11-17)7-6-8-20(19)23-22(24)25-5-2/h6-9,12-13,17H,4-5,10-11,14H2,1-3H3,(H,23,24). The fourth-order valence-electron chi connectivity index (χ4n) is 3.18. The number of amides is 1. The van der Waals surface area contributed by atoms with Crippen molar-refractivity contribution in [3.63, 3.8) is 0 Å². The van der Waals surface area contributed by atoms with Crippen molar-refractivity contribution in [2.75, 3.05) is 11.9 Å². The van der Waals surface area contributed by atoms with Gasteiger partial charge in [0.2, 0.25) is 0 Å². The lowest BCUT2D eigenvalue weighted by Gasteiger charge is -2.17. The van der Waals surface area contributed by atoms with E-state index < -0.39 is 6.09 Å². The molecule has 1 aliphatic rings. The minimum atomic E-state index is -0.426. The molecular formula is C22H27NO3. The van der Waals surface area contributed by atoms with Gasteiger partial charge in [0.1, 0.15) is 12.4 Å². The Morgan fingerprint density at radius 1 is 1.19 bits per heavy atom. The molecule has 4 heteroatoms. The first-order chi connectivity index (χ1) is 12.6. The van der Waals surface area contributed by atoms with E-state index in [2.05, 4.69) is 37.4 Å². The molecule has 1 N–H and O–H groups in total. The van der Waals surface area contributed by atoms with Gasteiger partial charge in [-0.3, -0.25) is 5.32 Å². The van der Waals surface area contributed by atoms with Crippen LogP contribution in [-0.2, 0) is 17.8 Å². The van der Waals surface area contributed by atoms with Gasteiger partial charge in [0.15, 0.2) is 0 Å². The lowest BCUT2D eigenvalue weighted by molar-refractivity contribution is 0.168. The highest BCUT2D eigenvalue weighted by Crippen LogP contribution is 2.43. The van der Waals surface area contributed by atoms with Crippen molar-refractivity contribution in [1.82, 2.24) is 0 Å². The van der Waals surface area contributed by atoms with E-state index in [1.165, 1.54) is 24.0 Å². The molecule has 0 heterocycles. The van der Waals surface area contributed by atoms with Crippen LogP contribution in [0.5, 0.6) is 5.75 Å². The Labute approximate surface area is 155 Å². The minimum Gasteiger partial charge on any atom is -0.489 e. The summed E-state index contributed by atoms with van der Waals surface area (Å²) < 4.78 is 11.2. The van der Waals surface area contributed by atoms with E-state index in [1.54, 1.807) is 6.92 Å². The largest absolute Gasteiger partial charge is 0.489 e. The van der Waals surface area contributed by atoms with Crippen LogP contribution in [0.25, 0.3) is 0 Å². The van der Waals surface area contributed by atoms with E-state index in [9.17, 15) is 4.79 Å². The molecule has 138 valence electrons. The van der Waals surface area contributed by atoms with E-state index >= 15 is 0 Å². The normalized spacial score (nSPS) is 13.3. The van der Waals surface area contributed by atoms with Crippen LogP contribution in [0.4, 0.5) is 10.5 Å². The van der Waals surface area contributed by atoms with Crippen LogP contribution < -0.4 is 10.1 Å². The highest BCUT2D eigenvalue weighted by Gasteiger charge is 2.27. The number of ether oxygens (including phenoxy) is 2. The van der Waals surface area contributed by atoms with E-state index in [4.69, 9.17) is 9.47 Å². The average molecular weight is 353 g/mol. The number of aryl methyl sites for hydroxylation is 2. The Morgan fingerprint density at radius 3 is 2.65 bits per heavy atom. The number of hydrogen-bond acceptors (Lipinski definition) is 3. The summed E-state index contributed by atoms with van der Waals surface area (Å²) in [6.45, 7) is 6.80. The summed E-state index contributed by atoms with van der Waals surface area (Å²) in [5.74, 6) is 1.45. The van der Waals surface area contributed by atoms with Crippen molar-refractivity contribution in [3.8, 4) is 5.75 Å². The fraction of sp³-hybridized carbons (Fsp3) is 0.409. The van der Waals surface area contributed by atoms with Crippen molar-refractivity contribution in [1.29, 1.82) is 0 Å². The first kappa shape index (κ1) is 18.3. The third-order valence-corrected chi connectivity index (χ3v) is 4.76. The summed E-state index contributed by atoms with van der Waals surface area (Å²) in [6, 6.07) is 12.3. The van der Waals surface area contributed by atoms with Crippen LogP contribution in [0, 0.1) is 6.92 Å². The van der Waals surface area contributed by atoms with Crippen molar-refractivity contribution in [2.45, 2.75) is 52.6 Å². The number of nitrogens with one attached hydrogen (secondary N) is 1. The monoisotopic (exact) mass is 353 g/mol. The van der Waals surface area contributed by atoms with Gasteiger partial charge < -0.3 is 9.47 Å². The molecule has 3 rings (SSSR count). The maximum absolute atomic E-state index is 11.9. The molecule has 1 amide bonds. The zero-order valence-corrected chi connectivity index (χ0v) is 15.8. The van der Waals surface area contributed by atoms with Gasteiger partial charge in [-0.15, -0.1) is 0 Å². The van der Waals surface area contributed by atoms with Crippen molar-refractivity contribution < 1.29 is 14.3 Å². The van der Waals surface area contributed by atoms with Gasteiger partial charge in [0.25, 0.3) is 0 Å². The first-order valence-corrected chi connectivity index (χ1v) is 9.40. The summed E-state index contributed by atoms with van der Waals surface area (Å²) in [6.07, 6.45) is 2.98. The SMILES string of the molecule is CCOC(=O)Nc1cccc(C2CC2)c1COc1ccc(CC)cc1C. The van der Waals surface area contributed by atoms with Gasteiger partial charge in [-0.1, -0.05) is 31.2 Å². The van der Waals surface area contributed by atoms with Crippen molar-refractivity contribution in [3.05, 3.63) is 58.7 Å². The van der Waals surface area contributed by atoms with Gasteiger partial charge >= 0.3 is 6.09 Å². The smallest absolute Gasteiger partial charge is 0.411 e. The number of carbonyl (C=O) groups excluding carboxylic acids is 1. The van der Waals surface area contributed by atoms with E-state index in [0.29, 0.717) is 19.1 Å². The predicted molar refractivity (Wildman–Crippen MR) is 104 cm³/mol. The van der Waals surface area contributed by atoms with Crippen LogP contribution in [0.3, 0.4) is 0 Å². The molecule has 0 aromatic heterocycles. The number of rotatable bonds is 7. The van der Waals surface area contributed by atoms with Gasteiger partial charge in [0.05, 0.1) is 12.3 Å². The van der Waals surface area contributed by atoms with Crippen molar-refractivity contribution in [2.24, 2.45) is 0 Å². The Hall–Kier alpha value is -2.49. The number of hydrogen-bond donors (Lipinski definition) is 1. The van der Waals surface area contributed by atoms with E-state index in [-0.39, 0.29) is 0 Å². The second-order valence-corrected chi connectivity index (χ2v) is 6.74. The molecule has 0 spiro atoms. The molecule has 2 aromatic rings. The topological polar surface area (TPSA) is 47.6 Å². The van der Waals surface area contributed by atoms with E-state index in [1.807, 2.05) is 18.2 Å². The molecule has 0 unspecified atom stereocenters. The summed E-state index contributed by atoms with van der Waals surface area (Å²) >= 11 is 0. The first-order valence-electron chi connectivity index (χ1n) is 9.40. The quantitative estimate of drug-likeness (QED) is 0.706. The summed E-state index contributed by atoms with van der Waals surface area (Å²) in [5, 5.41) is 2.86. The van der Waals surface area contributed by atoms with E-state index in [0.717, 1.165) is 29.0 Å². The van der Waals surface area contributed by atoms with Crippen LogP contribution in [0.15, 0.2) is 36.4 Å². The number of anilines is 1. The highest BCUT2D eigenvalue weighted by molar-refractivity contribution is 5.86. The molecule has 4 nitrogen and oxygen atoms in total. The maximum atomic E-state index is 11.9. The molecule has 0 bridgehead atoms. The molecule has 1 aliphatic carbocycles. The summed E-state index contributed by atoms with van der Waals surface area (Å²) in [4.78, 5) is 11.9. The second-order valence-electron chi connectivity index (χ2n) is 6.74. The fourth-order valence-corrected chi connectivity index (χ4v) is 3.18. The zero-order valence-electron chi connectivity index (χ0n) is 15.8. The predicted octanol–water partition coefficient (Wildman–Crippen LogP) is 5.58. The minimum absolute atomic E-state index is 0.350. The second kappa shape index (κ2) is 8.26. The van der Waals surface area contributed by atoms with Crippen LogP contribution in [0.2, 0.25) is 0 Å². The van der Waals surface area contributed by atoms with Gasteiger partial charge in [-0.05, 0) is 67.9 Å². The van der Waals surface area contributed by atoms with Crippen LogP contribution in [-0.4, -0.2) is 12.7 Å². The molecule has 26 heavy (non-hydrogen) atoms. The van der Waals surface area contributed by atoms with Crippen molar-refractivity contribution >= 4 is 11.8 Å². The Balaban J connectivity index is 1.82. The Kier molecular flexibility index (Phi) is 5.82. The Morgan fingerprint density at radius 2 is 2.00 bits per heavy atom. The van der Waals surface area contributed by atoms with Gasteiger partial charge in [0, 0.05) is 5.56 Å².